The van der Waals surface area contributed by atoms with Crippen molar-refractivity contribution < 1.29 is 4.42 Å². The number of hydrogen-bond acceptors (Lipinski definition) is 3. The molecular formula is C19H24ClNO2. The highest BCUT2D eigenvalue weighted by Gasteiger charge is 2.24. The summed E-state index contributed by atoms with van der Waals surface area (Å²) in [5.74, 6) is 0.249. The molecule has 0 N–H and O–H groups in total. The van der Waals surface area contributed by atoms with E-state index >= 15 is 0 Å². The molecule has 3 rings (SSSR count). The molecule has 1 aromatic heterocycles. The highest BCUT2D eigenvalue weighted by Crippen LogP contribution is 2.37. The lowest BCUT2D eigenvalue weighted by Gasteiger charge is -2.23. The third-order valence-corrected chi connectivity index (χ3v) is 5.41. The van der Waals surface area contributed by atoms with E-state index in [1.54, 1.807) is 0 Å². The van der Waals surface area contributed by atoms with Gasteiger partial charge >= 0.3 is 5.63 Å². The van der Waals surface area contributed by atoms with Gasteiger partial charge in [0.15, 0.2) is 0 Å². The van der Waals surface area contributed by atoms with Crippen LogP contribution in [0, 0.1) is 0 Å². The summed E-state index contributed by atoms with van der Waals surface area (Å²) in [5, 5.41) is 1.44. The van der Waals surface area contributed by atoms with Crippen LogP contribution in [-0.2, 0) is 0 Å². The highest BCUT2D eigenvalue weighted by molar-refractivity contribution is 6.36. The van der Waals surface area contributed by atoms with Crippen LogP contribution >= 0.6 is 11.6 Å². The monoisotopic (exact) mass is 333 g/mol. The van der Waals surface area contributed by atoms with Crippen molar-refractivity contribution in [2.45, 2.75) is 51.9 Å². The Balaban J connectivity index is 2.09. The SMILES string of the molecule is CCN(CC)c1ccc2c(Cl)c(C3CCCCC3)c(=O)oc2c1. The second-order valence-corrected chi connectivity index (χ2v) is 6.68. The Labute approximate surface area is 142 Å². The third kappa shape index (κ3) is 3.12. The van der Waals surface area contributed by atoms with Gasteiger partial charge in [-0.1, -0.05) is 30.9 Å². The molecule has 0 spiro atoms. The molecule has 0 saturated heterocycles. The van der Waals surface area contributed by atoms with Gasteiger partial charge in [-0.05, 0) is 44.7 Å². The van der Waals surface area contributed by atoms with Crippen LogP contribution in [0.5, 0.6) is 0 Å². The number of nitrogens with zero attached hydrogens (tertiary/aromatic N) is 1. The Morgan fingerprint density at radius 1 is 1.17 bits per heavy atom. The van der Waals surface area contributed by atoms with Gasteiger partial charge in [-0.25, -0.2) is 4.79 Å². The topological polar surface area (TPSA) is 33.5 Å². The highest BCUT2D eigenvalue weighted by atomic mass is 35.5. The standard InChI is InChI=1S/C19H24ClNO2/c1-3-21(4-2)14-10-11-15-16(12-14)23-19(22)17(18(15)20)13-8-6-5-7-9-13/h10-13H,3-9H2,1-2H3. The van der Waals surface area contributed by atoms with Crippen LogP contribution in [0.15, 0.2) is 27.4 Å². The first kappa shape index (κ1) is 16.4. The molecule has 0 radical (unpaired) electrons. The van der Waals surface area contributed by atoms with Crippen LogP contribution in [-0.4, -0.2) is 13.1 Å². The minimum atomic E-state index is -0.258. The first-order chi connectivity index (χ1) is 11.2. The molecule has 3 nitrogen and oxygen atoms in total. The van der Waals surface area contributed by atoms with E-state index < -0.39 is 0 Å². The molecule has 0 aliphatic heterocycles. The van der Waals surface area contributed by atoms with Gasteiger partial charge in [-0.2, -0.15) is 0 Å². The zero-order valence-corrected chi connectivity index (χ0v) is 14.7. The molecule has 1 aromatic carbocycles. The largest absolute Gasteiger partial charge is 0.422 e. The van der Waals surface area contributed by atoms with Crippen molar-refractivity contribution in [3.05, 3.63) is 39.2 Å². The summed E-state index contributed by atoms with van der Waals surface area (Å²) in [7, 11) is 0. The summed E-state index contributed by atoms with van der Waals surface area (Å²) in [5.41, 5.74) is 2.08. The quantitative estimate of drug-likeness (QED) is 0.708. The van der Waals surface area contributed by atoms with Crippen LogP contribution in [0.25, 0.3) is 11.0 Å². The molecule has 1 saturated carbocycles. The van der Waals surface area contributed by atoms with Crippen molar-refractivity contribution in [2.75, 3.05) is 18.0 Å². The minimum Gasteiger partial charge on any atom is -0.422 e. The zero-order chi connectivity index (χ0) is 16.4. The molecule has 2 aromatic rings. The number of benzene rings is 1. The predicted molar refractivity (Wildman–Crippen MR) is 96.9 cm³/mol. The van der Waals surface area contributed by atoms with Gasteiger partial charge in [0, 0.05) is 30.2 Å². The third-order valence-electron chi connectivity index (χ3n) is 5.00. The van der Waals surface area contributed by atoms with E-state index in [9.17, 15) is 4.79 Å². The number of halogens is 1. The molecule has 1 heterocycles. The van der Waals surface area contributed by atoms with Crippen molar-refractivity contribution in [2.24, 2.45) is 0 Å². The summed E-state index contributed by atoms with van der Waals surface area (Å²) in [6.07, 6.45) is 5.65. The Hall–Kier alpha value is -1.48. The van der Waals surface area contributed by atoms with Crippen molar-refractivity contribution in [3.8, 4) is 0 Å². The van der Waals surface area contributed by atoms with Crippen molar-refractivity contribution >= 4 is 28.3 Å². The maximum absolute atomic E-state index is 12.5. The van der Waals surface area contributed by atoms with Gasteiger partial charge in [0.2, 0.25) is 0 Å². The molecule has 0 amide bonds. The average Bonchev–Trinajstić information content (AvgIpc) is 2.57. The van der Waals surface area contributed by atoms with Gasteiger partial charge in [0.25, 0.3) is 0 Å². The molecule has 4 heteroatoms. The second kappa shape index (κ2) is 6.96. The van der Waals surface area contributed by atoms with Crippen LogP contribution in [0.3, 0.4) is 0 Å². The van der Waals surface area contributed by atoms with Gasteiger partial charge in [-0.15, -0.1) is 0 Å². The van der Waals surface area contributed by atoms with E-state index in [4.69, 9.17) is 16.0 Å². The van der Waals surface area contributed by atoms with Crippen molar-refractivity contribution in [1.29, 1.82) is 0 Å². The average molecular weight is 334 g/mol. The fraction of sp³-hybridized carbons (Fsp3) is 0.526. The maximum Gasteiger partial charge on any atom is 0.341 e. The first-order valence-corrected chi connectivity index (χ1v) is 9.04. The van der Waals surface area contributed by atoms with E-state index in [1.807, 2.05) is 12.1 Å². The van der Waals surface area contributed by atoms with Gasteiger partial charge < -0.3 is 9.32 Å². The van der Waals surface area contributed by atoms with Gasteiger partial charge in [0.05, 0.1) is 10.6 Å². The Morgan fingerprint density at radius 2 is 1.87 bits per heavy atom. The number of rotatable bonds is 4. The summed E-state index contributed by atoms with van der Waals surface area (Å²) in [6, 6.07) is 5.98. The zero-order valence-electron chi connectivity index (χ0n) is 13.9. The summed E-state index contributed by atoms with van der Waals surface area (Å²) in [6.45, 7) is 6.06. The lowest BCUT2D eigenvalue weighted by Crippen LogP contribution is -2.21. The molecule has 1 fully saturated rings. The number of anilines is 1. The van der Waals surface area contributed by atoms with E-state index in [0.29, 0.717) is 16.2 Å². The molecule has 1 aliphatic rings. The molecule has 0 unspecified atom stereocenters. The van der Waals surface area contributed by atoms with Gasteiger partial charge in [-0.3, -0.25) is 0 Å². The fourth-order valence-corrected chi connectivity index (χ4v) is 4.08. The van der Waals surface area contributed by atoms with Crippen molar-refractivity contribution in [1.82, 2.24) is 0 Å². The lowest BCUT2D eigenvalue weighted by molar-refractivity contribution is 0.428. The normalized spacial score (nSPS) is 16.0. The molecule has 124 valence electrons. The lowest BCUT2D eigenvalue weighted by atomic mass is 9.84. The van der Waals surface area contributed by atoms with Crippen LogP contribution in [0.1, 0.15) is 57.4 Å². The minimum absolute atomic E-state index is 0.249. The Bertz CT molecular complexity index is 743. The van der Waals surface area contributed by atoms with Crippen LogP contribution in [0.2, 0.25) is 5.02 Å². The first-order valence-electron chi connectivity index (χ1n) is 8.66. The van der Waals surface area contributed by atoms with E-state index in [-0.39, 0.29) is 11.5 Å². The molecule has 0 bridgehead atoms. The van der Waals surface area contributed by atoms with E-state index in [0.717, 1.165) is 37.0 Å². The Kier molecular flexibility index (Phi) is 4.96. The predicted octanol–water partition coefficient (Wildman–Crippen LogP) is 5.34. The summed E-state index contributed by atoms with van der Waals surface area (Å²) >= 11 is 6.61. The summed E-state index contributed by atoms with van der Waals surface area (Å²) < 4.78 is 5.64. The van der Waals surface area contributed by atoms with Crippen molar-refractivity contribution in [3.63, 3.8) is 0 Å². The maximum atomic E-state index is 12.5. The molecule has 1 aliphatic carbocycles. The second-order valence-electron chi connectivity index (χ2n) is 6.30. The summed E-state index contributed by atoms with van der Waals surface area (Å²) in [4.78, 5) is 14.7. The van der Waals surface area contributed by atoms with Gasteiger partial charge in [0.1, 0.15) is 5.58 Å². The number of fused-ring (bicyclic) bond motifs is 1. The van der Waals surface area contributed by atoms with E-state index in [1.165, 1.54) is 19.3 Å². The van der Waals surface area contributed by atoms with Crippen LogP contribution < -0.4 is 10.5 Å². The molecule has 0 atom stereocenters. The van der Waals surface area contributed by atoms with Crippen LogP contribution in [0.4, 0.5) is 5.69 Å². The molecule has 23 heavy (non-hydrogen) atoms. The smallest absolute Gasteiger partial charge is 0.341 e. The fourth-order valence-electron chi connectivity index (χ4n) is 3.69. The Morgan fingerprint density at radius 3 is 2.52 bits per heavy atom. The molecular weight excluding hydrogens is 310 g/mol. The van der Waals surface area contributed by atoms with E-state index in [2.05, 4.69) is 24.8 Å². The number of hydrogen-bond donors (Lipinski definition) is 0.